The van der Waals surface area contributed by atoms with E-state index < -0.39 is 38.2 Å². The highest BCUT2D eigenvalue weighted by atomic mass is 32.2. The zero-order chi connectivity index (χ0) is 20.6. The van der Waals surface area contributed by atoms with E-state index in [-0.39, 0.29) is 4.90 Å². The van der Waals surface area contributed by atoms with Crippen molar-refractivity contribution in [1.29, 1.82) is 0 Å². The maximum absolute atomic E-state index is 13.3. The highest BCUT2D eigenvalue weighted by Gasteiger charge is 2.73. The predicted octanol–water partition coefficient (Wildman–Crippen LogP) is 3.09. The molecule has 2 aromatic carbocycles. The number of hydrogen-bond acceptors (Lipinski definition) is 5. The van der Waals surface area contributed by atoms with Crippen molar-refractivity contribution in [3.8, 4) is 0 Å². The average Bonchev–Trinajstić information content (AvgIpc) is 3.31. The first-order valence-corrected chi connectivity index (χ1v) is 10.5. The number of rotatable bonds is 5. The first-order valence-electron chi connectivity index (χ1n) is 8.93. The number of benzene rings is 2. The van der Waals surface area contributed by atoms with Crippen LogP contribution in [0.1, 0.15) is 32.3 Å². The van der Waals surface area contributed by atoms with Crippen molar-refractivity contribution in [3.63, 3.8) is 0 Å². The van der Waals surface area contributed by atoms with Crippen molar-refractivity contribution in [3.05, 3.63) is 66.2 Å². The molecule has 1 fully saturated rings. The van der Waals surface area contributed by atoms with Crippen molar-refractivity contribution in [2.45, 2.75) is 48.0 Å². The second kappa shape index (κ2) is 7.05. The Labute approximate surface area is 164 Å². The third kappa shape index (κ3) is 3.67. The summed E-state index contributed by atoms with van der Waals surface area (Å²) < 4.78 is 31.8. The number of alkyl carbamates (subject to hydrolysis) is 1. The Morgan fingerprint density at radius 3 is 2.07 bits per heavy atom. The minimum atomic E-state index is -3.87. The molecule has 6 nitrogen and oxygen atoms in total. The Hall–Kier alpha value is -2.67. The van der Waals surface area contributed by atoms with Gasteiger partial charge < -0.3 is 14.8 Å². The van der Waals surface area contributed by atoms with Gasteiger partial charge in [0.15, 0.2) is 9.84 Å². The van der Waals surface area contributed by atoms with Gasteiger partial charge in [0.05, 0.1) is 4.90 Å². The SMILES string of the molecule is CC(C)(C)OC(=O)N[C@@]1(C=O)[C@H](c2ccccc2)[C@@H]1S(=O)(=O)c1ccccc1. The van der Waals surface area contributed by atoms with Crippen molar-refractivity contribution in [2.24, 2.45) is 0 Å². The smallest absolute Gasteiger partial charge is 0.408 e. The lowest BCUT2D eigenvalue weighted by molar-refractivity contribution is -0.110. The standard InChI is InChI=1S/C21H23NO5S/c1-20(2,3)27-19(24)22-21(14-23)17(15-10-6-4-7-11-15)18(21)28(25,26)16-12-8-5-9-13-16/h4-14,17-18H,1-3H3,(H,22,24)/t17-,18+,21+/m1/s1. The van der Waals surface area contributed by atoms with Crippen LogP contribution < -0.4 is 5.32 Å². The molecule has 0 saturated heterocycles. The van der Waals surface area contributed by atoms with E-state index in [1.165, 1.54) is 12.1 Å². The number of ether oxygens (including phenoxy) is 1. The van der Waals surface area contributed by atoms with Gasteiger partial charge in [-0.15, -0.1) is 0 Å². The van der Waals surface area contributed by atoms with Gasteiger partial charge in [-0.3, -0.25) is 0 Å². The number of hydrogen-bond donors (Lipinski definition) is 1. The van der Waals surface area contributed by atoms with E-state index in [2.05, 4.69) is 5.32 Å². The monoisotopic (exact) mass is 401 g/mol. The van der Waals surface area contributed by atoms with E-state index in [1.807, 2.05) is 0 Å². The number of aldehydes is 1. The molecule has 0 aliphatic heterocycles. The van der Waals surface area contributed by atoms with E-state index in [4.69, 9.17) is 4.74 Å². The molecule has 1 N–H and O–H groups in total. The van der Waals surface area contributed by atoms with Gasteiger partial charge in [-0.2, -0.15) is 0 Å². The summed E-state index contributed by atoms with van der Waals surface area (Å²) in [5.74, 6) is -0.705. The maximum Gasteiger partial charge on any atom is 0.408 e. The zero-order valence-corrected chi connectivity index (χ0v) is 16.8. The van der Waals surface area contributed by atoms with Crippen LogP contribution in [0.3, 0.4) is 0 Å². The van der Waals surface area contributed by atoms with Gasteiger partial charge in [0, 0.05) is 5.92 Å². The number of carbonyl (C=O) groups is 2. The molecule has 28 heavy (non-hydrogen) atoms. The molecule has 0 spiro atoms. The Kier molecular flexibility index (Phi) is 5.06. The third-order valence-corrected chi connectivity index (χ3v) is 6.92. The normalized spacial score (nSPS) is 24.2. The summed E-state index contributed by atoms with van der Waals surface area (Å²) in [4.78, 5) is 24.6. The lowest BCUT2D eigenvalue weighted by Crippen LogP contribution is -2.45. The highest BCUT2D eigenvalue weighted by Crippen LogP contribution is 2.56. The fourth-order valence-electron chi connectivity index (χ4n) is 3.48. The van der Waals surface area contributed by atoms with Crippen LogP contribution in [0.2, 0.25) is 0 Å². The molecule has 0 unspecified atom stereocenters. The maximum atomic E-state index is 13.3. The predicted molar refractivity (Wildman–Crippen MR) is 105 cm³/mol. The van der Waals surface area contributed by atoms with Crippen LogP contribution in [0.4, 0.5) is 4.79 Å². The second-order valence-electron chi connectivity index (χ2n) is 7.84. The zero-order valence-electron chi connectivity index (χ0n) is 16.0. The molecular weight excluding hydrogens is 378 g/mol. The summed E-state index contributed by atoms with van der Waals surface area (Å²) in [5.41, 5.74) is -1.70. The molecule has 1 aliphatic carbocycles. The number of sulfone groups is 1. The van der Waals surface area contributed by atoms with E-state index >= 15 is 0 Å². The summed E-state index contributed by atoms with van der Waals surface area (Å²) in [6.45, 7) is 5.08. The fourth-order valence-corrected chi connectivity index (χ4v) is 5.74. The van der Waals surface area contributed by atoms with E-state index in [0.717, 1.165) is 0 Å². The first kappa shape index (κ1) is 20.1. The summed E-state index contributed by atoms with van der Waals surface area (Å²) >= 11 is 0. The van der Waals surface area contributed by atoms with Crippen LogP contribution in [-0.2, 0) is 19.4 Å². The second-order valence-corrected chi connectivity index (χ2v) is 9.91. The Bertz CT molecular complexity index is 967. The summed E-state index contributed by atoms with van der Waals surface area (Å²) in [6.07, 6.45) is -0.314. The average molecular weight is 401 g/mol. The first-order chi connectivity index (χ1) is 13.1. The topological polar surface area (TPSA) is 89.5 Å². The van der Waals surface area contributed by atoms with Crippen LogP contribution in [-0.4, -0.2) is 37.2 Å². The quantitative estimate of drug-likeness (QED) is 0.778. The molecule has 0 radical (unpaired) electrons. The van der Waals surface area contributed by atoms with Gasteiger partial charge in [0.2, 0.25) is 0 Å². The highest BCUT2D eigenvalue weighted by molar-refractivity contribution is 7.92. The van der Waals surface area contributed by atoms with Crippen LogP contribution >= 0.6 is 0 Å². The molecule has 0 heterocycles. The van der Waals surface area contributed by atoms with Crippen molar-refractivity contribution in [1.82, 2.24) is 5.32 Å². The number of amides is 1. The molecule has 0 bridgehead atoms. The van der Waals surface area contributed by atoms with Crippen LogP contribution in [0.25, 0.3) is 0 Å². The molecule has 2 aromatic rings. The lowest BCUT2D eigenvalue weighted by atomic mass is 10.1. The van der Waals surface area contributed by atoms with Crippen LogP contribution in [0.15, 0.2) is 65.6 Å². The van der Waals surface area contributed by atoms with Gasteiger partial charge in [0.25, 0.3) is 0 Å². The van der Waals surface area contributed by atoms with Crippen molar-refractivity contribution >= 4 is 22.2 Å². The molecule has 148 valence electrons. The summed E-state index contributed by atoms with van der Waals surface area (Å²) in [5, 5.41) is 1.42. The van der Waals surface area contributed by atoms with Gasteiger partial charge in [0.1, 0.15) is 22.7 Å². The van der Waals surface area contributed by atoms with Gasteiger partial charge in [-0.25, -0.2) is 13.2 Å². The molecular formula is C21H23NO5S. The van der Waals surface area contributed by atoms with Crippen LogP contribution in [0, 0.1) is 0 Å². The molecule has 3 atom stereocenters. The Morgan fingerprint density at radius 1 is 1.04 bits per heavy atom. The van der Waals surface area contributed by atoms with E-state index in [1.54, 1.807) is 69.3 Å². The number of nitrogens with one attached hydrogen (secondary N) is 1. The molecule has 1 aliphatic rings. The molecule has 3 rings (SSSR count). The van der Waals surface area contributed by atoms with Crippen molar-refractivity contribution in [2.75, 3.05) is 0 Å². The minimum absolute atomic E-state index is 0.107. The summed E-state index contributed by atoms with van der Waals surface area (Å²) in [6, 6.07) is 16.8. The fraction of sp³-hybridized carbons (Fsp3) is 0.333. The van der Waals surface area contributed by atoms with Gasteiger partial charge >= 0.3 is 6.09 Å². The van der Waals surface area contributed by atoms with Crippen molar-refractivity contribution < 1.29 is 22.7 Å². The lowest BCUT2D eigenvalue weighted by Gasteiger charge is -2.22. The Morgan fingerprint density at radius 2 is 1.57 bits per heavy atom. The van der Waals surface area contributed by atoms with Gasteiger partial charge in [-0.05, 0) is 38.5 Å². The number of carbonyl (C=O) groups excluding carboxylic acids is 2. The third-order valence-electron chi connectivity index (χ3n) is 4.66. The van der Waals surface area contributed by atoms with E-state index in [0.29, 0.717) is 11.8 Å². The molecule has 7 heteroatoms. The van der Waals surface area contributed by atoms with Crippen LogP contribution in [0.5, 0.6) is 0 Å². The Balaban J connectivity index is 2.03. The van der Waals surface area contributed by atoms with Gasteiger partial charge in [-0.1, -0.05) is 48.5 Å². The largest absolute Gasteiger partial charge is 0.444 e. The molecule has 1 amide bonds. The summed E-state index contributed by atoms with van der Waals surface area (Å²) in [7, 11) is -3.87. The van der Waals surface area contributed by atoms with E-state index in [9.17, 15) is 18.0 Å². The molecule has 1 saturated carbocycles. The molecule has 0 aromatic heterocycles. The minimum Gasteiger partial charge on any atom is -0.444 e.